The van der Waals surface area contributed by atoms with E-state index < -0.39 is 82.1 Å². The summed E-state index contributed by atoms with van der Waals surface area (Å²) in [4.78, 5) is 82.8. The van der Waals surface area contributed by atoms with E-state index >= 15 is 0 Å². The Morgan fingerprint density at radius 1 is 1.29 bits per heavy atom. The molecule has 3 heterocycles. The number of aromatic nitrogens is 2. The van der Waals surface area contributed by atoms with Crippen molar-refractivity contribution >= 4 is 69.6 Å². The van der Waals surface area contributed by atoms with E-state index in [1.807, 2.05) is 0 Å². The fourth-order valence-corrected chi connectivity index (χ4v) is 5.41. The number of rotatable bonds is 10. The van der Waals surface area contributed by atoms with Crippen molar-refractivity contribution in [1.29, 1.82) is 0 Å². The number of oxime groups is 1. The number of carboxylic acids is 2. The van der Waals surface area contributed by atoms with Crippen LogP contribution in [0.5, 0.6) is 0 Å². The van der Waals surface area contributed by atoms with Gasteiger partial charge in [-0.3, -0.25) is 19.2 Å². The predicted molar refractivity (Wildman–Crippen MR) is 130 cm³/mol. The fraction of sp³-hybridized carbons (Fsp3) is 0.550. The van der Waals surface area contributed by atoms with E-state index in [9.17, 15) is 39.0 Å². The van der Waals surface area contributed by atoms with Crippen molar-refractivity contribution in [2.45, 2.75) is 62.0 Å². The molecule has 38 heavy (non-hydrogen) atoms. The van der Waals surface area contributed by atoms with Gasteiger partial charge < -0.3 is 35.7 Å². The Bertz CT molecular complexity index is 1230. The molecule has 2 aliphatic heterocycles. The van der Waals surface area contributed by atoms with Gasteiger partial charge in [-0.25, -0.2) is 9.59 Å². The molecule has 18 heteroatoms. The molecule has 0 bridgehead atoms. The van der Waals surface area contributed by atoms with Crippen LogP contribution in [-0.4, -0.2) is 100 Å². The van der Waals surface area contributed by atoms with Crippen molar-refractivity contribution in [2.75, 3.05) is 12.3 Å². The Labute approximate surface area is 223 Å². The molecule has 0 aliphatic carbocycles. The number of β-lactam (4-membered cyclic amide) rings is 1. The van der Waals surface area contributed by atoms with Crippen molar-refractivity contribution in [3.8, 4) is 0 Å². The lowest BCUT2D eigenvalue weighted by molar-refractivity contribution is -0.187. The molecule has 1 aromatic rings. The van der Waals surface area contributed by atoms with E-state index in [-0.39, 0.29) is 11.0 Å². The van der Waals surface area contributed by atoms with Crippen molar-refractivity contribution in [3.63, 3.8) is 0 Å². The number of anilines is 1. The van der Waals surface area contributed by atoms with Crippen LogP contribution in [0, 0.1) is 0 Å². The van der Waals surface area contributed by atoms with Gasteiger partial charge >= 0.3 is 17.9 Å². The minimum Gasteiger partial charge on any atom is -0.478 e. The number of hydrogen-bond donors (Lipinski definition) is 4. The number of thioether (sulfide) groups is 1. The number of ether oxygens (including phenoxy) is 1. The van der Waals surface area contributed by atoms with Gasteiger partial charge in [0.15, 0.2) is 5.13 Å². The largest absolute Gasteiger partial charge is 0.478 e. The summed E-state index contributed by atoms with van der Waals surface area (Å²) < 4.78 is 9.07. The molecule has 0 radical (unpaired) electrons. The minimum atomic E-state index is -2.11. The molecule has 0 aromatic carbocycles. The topological polar surface area (TPSA) is 241 Å². The molecule has 206 valence electrons. The Kier molecular flexibility index (Phi) is 7.96. The van der Waals surface area contributed by atoms with Gasteiger partial charge in [0.05, 0.1) is 11.8 Å². The number of nitrogens with two attached hydrogens (primary N) is 1. The number of nitrogen functional groups attached to an aromatic ring is 1. The van der Waals surface area contributed by atoms with E-state index in [1.165, 1.54) is 20.8 Å². The first-order chi connectivity index (χ1) is 17.6. The predicted octanol–water partition coefficient (Wildman–Crippen LogP) is -1.16. The first kappa shape index (κ1) is 28.8. The first-order valence-corrected chi connectivity index (χ1v) is 12.6. The molecular weight excluding hydrogens is 548 g/mol. The smallest absolute Gasteiger partial charge is 0.351 e. The second-order valence-electron chi connectivity index (χ2n) is 8.94. The lowest BCUT2D eigenvalue weighted by atomic mass is 9.94. The number of carbonyl (C=O) groups excluding carboxylic acids is 4. The summed E-state index contributed by atoms with van der Waals surface area (Å²) in [7, 11) is 0. The number of ketones is 1. The van der Waals surface area contributed by atoms with Gasteiger partial charge in [0.25, 0.3) is 5.91 Å². The standard InChI is InChI=1S/C20H24N6O10S2/c1-7(27)5-9(28)35-20(17(33)34)6-26-14(30)11(15(26)37-8(20)2)22-13(29)10(12-23-18(21)38-25-12)24-36-19(3,4)16(31)32/h8,11,15H,5-6H2,1-4H3,(H,22,29)(H,31,32)(H,33,34)(H2,21,23,25)/t8?,11?,15-,20?/m1/s1. The highest BCUT2D eigenvalue weighted by Gasteiger charge is 2.62. The van der Waals surface area contributed by atoms with Crippen molar-refractivity contribution in [2.24, 2.45) is 5.16 Å². The maximum absolute atomic E-state index is 13.1. The monoisotopic (exact) mass is 572 g/mol. The molecule has 4 atom stereocenters. The highest BCUT2D eigenvalue weighted by molar-refractivity contribution is 8.00. The average Bonchev–Trinajstić information content (AvgIpc) is 3.23. The zero-order chi connectivity index (χ0) is 28.6. The highest BCUT2D eigenvalue weighted by atomic mass is 32.2. The van der Waals surface area contributed by atoms with E-state index in [0.717, 1.165) is 35.1 Å². The molecule has 1 aromatic heterocycles. The van der Waals surface area contributed by atoms with Crippen LogP contribution in [0.3, 0.4) is 0 Å². The lowest BCUT2D eigenvalue weighted by Gasteiger charge is -2.55. The summed E-state index contributed by atoms with van der Waals surface area (Å²) >= 11 is 1.71. The van der Waals surface area contributed by atoms with Crippen LogP contribution < -0.4 is 11.1 Å². The van der Waals surface area contributed by atoms with Crippen molar-refractivity contribution < 1.29 is 48.6 Å². The Morgan fingerprint density at radius 3 is 2.47 bits per heavy atom. The number of Topliss-reactive ketones (excluding diaryl/α,β-unsaturated/α-hetero) is 1. The minimum absolute atomic E-state index is 0.00937. The molecule has 0 spiro atoms. The van der Waals surface area contributed by atoms with E-state index in [4.69, 9.17) is 15.3 Å². The van der Waals surface area contributed by atoms with Crippen LogP contribution in [0.1, 0.15) is 39.9 Å². The molecule has 2 amide bonds. The number of nitrogens with zero attached hydrogens (tertiary/aromatic N) is 4. The van der Waals surface area contributed by atoms with Crippen LogP contribution in [0.4, 0.5) is 5.13 Å². The number of aliphatic carboxylic acids is 2. The van der Waals surface area contributed by atoms with Crippen LogP contribution in [0.15, 0.2) is 5.16 Å². The maximum atomic E-state index is 13.1. The SMILES string of the molecule is CC(=O)CC(=O)OC1(C(=O)O)CN2C(=O)C(NC(=O)C(=NOC(C)(C)C(=O)O)c3nsc(N)n3)[C@H]2SC1C. The molecule has 3 unspecified atom stereocenters. The second kappa shape index (κ2) is 10.5. The second-order valence-corrected chi connectivity index (χ2v) is 11.2. The number of fused-ring (bicyclic) bond motifs is 1. The van der Waals surface area contributed by atoms with Gasteiger partial charge in [-0.2, -0.15) is 9.36 Å². The molecule has 2 saturated heterocycles. The summed E-state index contributed by atoms with van der Waals surface area (Å²) in [5, 5.41) is 23.6. The fourth-order valence-electron chi connectivity index (χ4n) is 3.44. The van der Waals surface area contributed by atoms with Gasteiger partial charge in [-0.15, -0.1) is 11.8 Å². The third-order valence-electron chi connectivity index (χ3n) is 5.63. The summed E-state index contributed by atoms with van der Waals surface area (Å²) in [5.41, 5.74) is 1.12. The Hall–Kier alpha value is -3.80. The van der Waals surface area contributed by atoms with E-state index in [2.05, 4.69) is 19.8 Å². The van der Waals surface area contributed by atoms with Gasteiger partial charge in [0.2, 0.25) is 28.6 Å². The van der Waals surface area contributed by atoms with Crippen LogP contribution in [0.2, 0.25) is 0 Å². The number of amides is 2. The normalized spacial score (nSPS) is 25.1. The van der Waals surface area contributed by atoms with Gasteiger partial charge in [-0.1, -0.05) is 5.16 Å². The van der Waals surface area contributed by atoms with E-state index in [1.54, 1.807) is 0 Å². The van der Waals surface area contributed by atoms with Crippen LogP contribution in [-0.2, 0) is 38.3 Å². The number of nitrogens with one attached hydrogen (secondary N) is 1. The third kappa shape index (κ3) is 5.54. The zero-order valence-electron chi connectivity index (χ0n) is 20.5. The van der Waals surface area contributed by atoms with Crippen molar-refractivity contribution in [1.82, 2.24) is 19.6 Å². The molecule has 2 fully saturated rings. The number of hydrogen-bond acceptors (Lipinski definition) is 14. The van der Waals surface area contributed by atoms with Crippen molar-refractivity contribution in [3.05, 3.63) is 5.82 Å². The highest BCUT2D eigenvalue weighted by Crippen LogP contribution is 2.44. The van der Waals surface area contributed by atoms with Crippen LogP contribution >= 0.6 is 23.3 Å². The molecule has 5 N–H and O–H groups in total. The molecule has 0 saturated carbocycles. The number of carboxylic acid groups (broad SMARTS) is 2. The average molecular weight is 573 g/mol. The zero-order valence-corrected chi connectivity index (χ0v) is 22.1. The Morgan fingerprint density at radius 2 is 1.95 bits per heavy atom. The first-order valence-electron chi connectivity index (χ1n) is 10.9. The van der Waals surface area contributed by atoms with Gasteiger partial charge in [-0.05, 0) is 27.7 Å². The molecular formula is C20H24N6O10S2. The molecule has 3 rings (SSSR count). The van der Waals surface area contributed by atoms with E-state index in [0.29, 0.717) is 0 Å². The summed E-state index contributed by atoms with van der Waals surface area (Å²) in [5.74, 6) is -6.32. The molecule has 16 nitrogen and oxygen atoms in total. The van der Waals surface area contributed by atoms with Crippen LogP contribution in [0.25, 0.3) is 0 Å². The third-order valence-corrected chi connectivity index (χ3v) is 7.77. The number of carbonyl (C=O) groups is 6. The van der Waals surface area contributed by atoms with Gasteiger partial charge in [0, 0.05) is 11.5 Å². The lowest BCUT2D eigenvalue weighted by Crippen LogP contribution is -2.77. The molecule has 2 aliphatic rings. The number of esters is 1. The maximum Gasteiger partial charge on any atom is 0.351 e. The van der Waals surface area contributed by atoms with Gasteiger partial charge in [0.1, 0.15) is 23.6 Å². The summed E-state index contributed by atoms with van der Waals surface area (Å²) in [6.07, 6.45) is -0.624. The summed E-state index contributed by atoms with van der Waals surface area (Å²) in [6, 6.07) is -1.14. The Balaban J connectivity index is 1.80. The quantitative estimate of drug-likeness (QED) is 0.0850. The summed E-state index contributed by atoms with van der Waals surface area (Å²) in [6.45, 7) is 4.52.